The highest BCUT2D eigenvalue weighted by atomic mass is 16.5. The first-order chi connectivity index (χ1) is 16.2. The zero-order valence-electron chi connectivity index (χ0n) is 19.3. The molecule has 0 radical (unpaired) electrons. The molecule has 33 heavy (non-hydrogen) atoms. The van der Waals surface area contributed by atoms with Gasteiger partial charge in [-0.05, 0) is 54.2 Å². The number of rotatable bonds is 5. The lowest BCUT2D eigenvalue weighted by Crippen LogP contribution is -2.49. The Morgan fingerprint density at radius 1 is 1.00 bits per heavy atom. The van der Waals surface area contributed by atoms with E-state index in [0.29, 0.717) is 18.0 Å². The lowest BCUT2D eigenvalue weighted by atomic mass is 9.94. The van der Waals surface area contributed by atoms with Crippen molar-refractivity contribution in [3.05, 3.63) is 59.4 Å². The SMILES string of the molecule is COc1ccc(-c2cnc3c(c2)C(C2=CCN(C(=O)NN4CCCC4)CC2)=CC3)cc1OC. The third kappa shape index (κ3) is 4.33. The number of methoxy groups -OCH3 is 2. The van der Waals surface area contributed by atoms with Crippen LogP contribution in [-0.2, 0) is 6.42 Å². The van der Waals surface area contributed by atoms with Crippen LogP contribution in [-0.4, -0.2) is 61.3 Å². The van der Waals surface area contributed by atoms with Gasteiger partial charge < -0.3 is 14.4 Å². The number of nitrogens with zero attached hydrogens (tertiary/aromatic N) is 3. The number of urea groups is 1. The van der Waals surface area contributed by atoms with E-state index in [1.165, 1.54) is 16.7 Å². The summed E-state index contributed by atoms with van der Waals surface area (Å²) in [5.41, 5.74) is 9.96. The highest BCUT2D eigenvalue weighted by Crippen LogP contribution is 2.38. The zero-order chi connectivity index (χ0) is 22.8. The van der Waals surface area contributed by atoms with Crippen LogP contribution in [0.5, 0.6) is 11.5 Å². The topological polar surface area (TPSA) is 66.9 Å². The number of aromatic nitrogens is 1. The van der Waals surface area contributed by atoms with Gasteiger partial charge in [0, 0.05) is 49.9 Å². The molecule has 2 aliphatic heterocycles. The molecule has 1 N–H and O–H groups in total. The summed E-state index contributed by atoms with van der Waals surface area (Å²) in [6.45, 7) is 3.24. The maximum Gasteiger partial charge on any atom is 0.332 e. The second-order valence-corrected chi connectivity index (χ2v) is 8.65. The monoisotopic (exact) mass is 446 g/mol. The summed E-state index contributed by atoms with van der Waals surface area (Å²) in [6.07, 6.45) is 10.4. The van der Waals surface area contributed by atoms with E-state index in [4.69, 9.17) is 14.5 Å². The van der Waals surface area contributed by atoms with Crippen molar-refractivity contribution >= 4 is 11.6 Å². The molecular formula is C26H30N4O3. The summed E-state index contributed by atoms with van der Waals surface area (Å²) in [5.74, 6) is 1.41. The van der Waals surface area contributed by atoms with Crippen molar-refractivity contribution in [3.8, 4) is 22.6 Å². The van der Waals surface area contributed by atoms with Crippen LogP contribution in [0.3, 0.4) is 0 Å². The third-order valence-electron chi connectivity index (χ3n) is 6.68. The summed E-state index contributed by atoms with van der Waals surface area (Å²) in [7, 11) is 3.29. The van der Waals surface area contributed by atoms with Crippen LogP contribution in [0.2, 0.25) is 0 Å². The molecule has 5 rings (SSSR count). The summed E-state index contributed by atoms with van der Waals surface area (Å²) in [4.78, 5) is 19.2. The Balaban J connectivity index is 1.33. The maximum atomic E-state index is 12.6. The van der Waals surface area contributed by atoms with Crippen molar-refractivity contribution in [3.63, 3.8) is 0 Å². The predicted molar refractivity (Wildman–Crippen MR) is 128 cm³/mol. The van der Waals surface area contributed by atoms with Crippen LogP contribution < -0.4 is 14.9 Å². The number of fused-ring (bicyclic) bond motifs is 1. The van der Waals surface area contributed by atoms with Gasteiger partial charge in [0.2, 0.25) is 0 Å². The van der Waals surface area contributed by atoms with Crippen LogP contribution in [0.1, 0.15) is 30.5 Å². The van der Waals surface area contributed by atoms with Crippen molar-refractivity contribution in [1.82, 2.24) is 20.3 Å². The first-order valence-corrected chi connectivity index (χ1v) is 11.6. The molecule has 2 amide bonds. The van der Waals surface area contributed by atoms with Crippen LogP contribution in [0.25, 0.3) is 16.7 Å². The largest absolute Gasteiger partial charge is 0.493 e. The van der Waals surface area contributed by atoms with E-state index in [0.717, 1.165) is 62.1 Å². The zero-order valence-corrected chi connectivity index (χ0v) is 19.3. The fourth-order valence-electron chi connectivity index (χ4n) is 4.81. The van der Waals surface area contributed by atoms with E-state index in [1.807, 2.05) is 34.3 Å². The number of amides is 2. The number of hydrogen-bond acceptors (Lipinski definition) is 5. The average molecular weight is 447 g/mol. The molecule has 1 aromatic carbocycles. The molecule has 0 spiro atoms. The highest BCUT2D eigenvalue weighted by molar-refractivity contribution is 5.86. The predicted octanol–water partition coefficient (Wildman–Crippen LogP) is 4.06. The summed E-state index contributed by atoms with van der Waals surface area (Å²) in [6, 6.07) is 8.15. The number of ether oxygens (including phenoxy) is 2. The van der Waals surface area contributed by atoms with Gasteiger partial charge in [0.15, 0.2) is 11.5 Å². The third-order valence-corrected chi connectivity index (χ3v) is 6.68. The molecule has 1 fully saturated rings. The number of benzene rings is 1. The van der Waals surface area contributed by atoms with Gasteiger partial charge in [-0.3, -0.25) is 10.4 Å². The van der Waals surface area contributed by atoms with Crippen molar-refractivity contribution in [2.75, 3.05) is 40.4 Å². The molecule has 3 aliphatic rings. The van der Waals surface area contributed by atoms with Crippen molar-refractivity contribution in [2.45, 2.75) is 25.7 Å². The quantitative estimate of drug-likeness (QED) is 0.750. The molecule has 0 saturated carbocycles. The number of pyridine rings is 1. The van der Waals surface area contributed by atoms with Gasteiger partial charge in [-0.1, -0.05) is 18.2 Å². The normalized spacial score (nSPS) is 17.9. The molecule has 1 aliphatic carbocycles. The number of nitrogens with one attached hydrogen (secondary N) is 1. The number of hydrazine groups is 1. The Kier molecular flexibility index (Phi) is 6.05. The average Bonchev–Trinajstić information content (AvgIpc) is 3.53. The number of carbonyl (C=O) groups is 1. The van der Waals surface area contributed by atoms with Gasteiger partial charge >= 0.3 is 6.03 Å². The molecule has 172 valence electrons. The fraction of sp³-hybridized carbons (Fsp3) is 0.385. The molecule has 7 heteroatoms. The minimum absolute atomic E-state index is 0.00501. The van der Waals surface area contributed by atoms with Crippen molar-refractivity contribution < 1.29 is 14.3 Å². The molecule has 0 atom stereocenters. The minimum atomic E-state index is 0.00501. The van der Waals surface area contributed by atoms with Gasteiger partial charge in [0.25, 0.3) is 0 Å². The van der Waals surface area contributed by atoms with Crippen LogP contribution in [0.4, 0.5) is 4.79 Å². The van der Waals surface area contributed by atoms with Crippen LogP contribution >= 0.6 is 0 Å². The van der Waals surface area contributed by atoms with Gasteiger partial charge in [0.05, 0.1) is 19.9 Å². The van der Waals surface area contributed by atoms with E-state index in [9.17, 15) is 4.79 Å². The second kappa shape index (κ2) is 9.27. The lowest BCUT2D eigenvalue weighted by molar-refractivity contribution is 0.163. The fourth-order valence-corrected chi connectivity index (χ4v) is 4.81. The van der Waals surface area contributed by atoms with Crippen molar-refractivity contribution in [2.24, 2.45) is 0 Å². The lowest BCUT2D eigenvalue weighted by Gasteiger charge is -2.29. The Hall–Kier alpha value is -3.32. The number of carbonyl (C=O) groups excluding carboxylic acids is 1. The highest BCUT2D eigenvalue weighted by Gasteiger charge is 2.25. The molecular weight excluding hydrogens is 416 g/mol. The molecule has 1 saturated heterocycles. The van der Waals surface area contributed by atoms with Gasteiger partial charge in [-0.25, -0.2) is 9.80 Å². The van der Waals surface area contributed by atoms with E-state index in [2.05, 4.69) is 23.6 Å². The Bertz CT molecular complexity index is 1120. The Morgan fingerprint density at radius 3 is 2.55 bits per heavy atom. The van der Waals surface area contributed by atoms with Gasteiger partial charge in [-0.2, -0.15) is 0 Å². The molecule has 0 unspecified atom stereocenters. The van der Waals surface area contributed by atoms with Gasteiger partial charge in [0.1, 0.15) is 0 Å². The van der Waals surface area contributed by atoms with E-state index in [1.54, 1.807) is 14.2 Å². The van der Waals surface area contributed by atoms with E-state index >= 15 is 0 Å². The first kappa shape index (κ1) is 21.5. The second-order valence-electron chi connectivity index (χ2n) is 8.65. The van der Waals surface area contributed by atoms with E-state index in [-0.39, 0.29) is 6.03 Å². The van der Waals surface area contributed by atoms with Crippen molar-refractivity contribution in [1.29, 1.82) is 0 Å². The molecule has 1 aromatic heterocycles. The Labute approximate surface area is 194 Å². The maximum absolute atomic E-state index is 12.6. The molecule has 0 bridgehead atoms. The standard InChI is InChI=1S/C26H30N4O3/c1-32-24-8-5-19(16-25(24)33-2)20-15-22-21(6-7-23(22)27-17-20)18-9-13-29(14-10-18)26(31)28-30-11-3-4-12-30/h5-6,8-9,15-17H,3-4,7,10-14H2,1-2H3,(H,28,31). The minimum Gasteiger partial charge on any atom is -0.493 e. The smallest absolute Gasteiger partial charge is 0.332 e. The summed E-state index contributed by atoms with van der Waals surface area (Å²) < 4.78 is 10.8. The molecule has 7 nitrogen and oxygen atoms in total. The number of hydrogen-bond donors (Lipinski definition) is 1. The van der Waals surface area contributed by atoms with Crippen LogP contribution in [0.15, 0.2) is 48.2 Å². The summed E-state index contributed by atoms with van der Waals surface area (Å²) >= 11 is 0. The van der Waals surface area contributed by atoms with Gasteiger partial charge in [-0.15, -0.1) is 0 Å². The van der Waals surface area contributed by atoms with Crippen LogP contribution in [0, 0.1) is 0 Å². The molecule has 2 aromatic rings. The number of allylic oxidation sites excluding steroid dienone is 2. The Morgan fingerprint density at radius 2 is 1.82 bits per heavy atom. The molecule has 3 heterocycles. The summed E-state index contributed by atoms with van der Waals surface area (Å²) in [5, 5.41) is 2.03. The first-order valence-electron chi connectivity index (χ1n) is 11.6. The van der Waals surface area contributed by atoms with E-state index < -0.39 is 0 Å².